The van der Waals surface area contributed by atoms with E-state index in [1.165, 1.54) is 4.90 Å². The van der Waals surface area contributed by atoms with Gasteiger partial charge in [-0.3, -0.25) is 4.79 Å². The van der Waals surface area contributed by atoms with Crippen molar-refractivity contribution in [3.63, 3.8) is 0 Å². The molecule has 0 bridgehead atoms. The molecule has 0 saturated heterocycles. The lowest BCUT2D eigenvalue weighted by molar-refractivity contribution is -0.143. The van der Waals surface area contributed by atoms with E-state index < -0.39 is 24.5 Å². The number of amides is 1. The monoisotopic (exact) mass is 344 g/mol. The molecule has 0 aliphatic rings. The van der Waals surface area contributed by atoms with Crippen LogP contribution in [0.3, 0.4) is 0 Å². The molecule has 1 rings (SSSR count). The minimum Gasteiger partial charge on any atom is -0.463 e. The van der Waals surface area contributed by atoms with Crippen molar-refractivity contribution in [3.05, 3.63) is 42.0 Å². The topological polar surface area (TPSA) is 96.7 Å². The number of benzene rings is 1. The van der Waals surface area contributed by atoms with Crippen molar-refractivity contribution in [3.8, 4) is 6.07 Å². The Morgan fingerprint density at radius 1 is 1.12 bits per heavy atom. The van der Waals surface area contributed by atoms with Crippen molar-refractivity contribution in [2.75, 3.05) is 24.7 Å². The van der Waals surface area contributed by atoms with E-state index in [0.717, 1.165) is 17.7 Å². The van der Waals surface area contributed by atoms with Gasteiger partial charge in [0.2, 0.25) is 0 Å². The van der Waals surface area contributed by atoms with Crippen LogP contribution >= 0.6 is 0 Å². The Labute approximate surface area is 146 Å². The molecule has 1 aromatic carbocycles. The number of nitrogens with zero attached hydrogens (tertiary/aromatic N) is 2. The quantitative estimate of drug-likeness (QED) is 0.528. The largest absolute Gasteiger partial charge is 0.463 e. The molecule has 1 aromatic rings. The average molecular weight is 344 g/mol. The molecule has 0 spiro atoms. The molecule has 25 heavy (non-hydrogen) atoms. The zero-order valence-electron chi connectivity index (χ0n) is 14.2. The van der Waals surface area contributed by atoms with E-state index in [4.69, 9.17) is 10.00 Å². The minimum atomic E-state index is -0.828. The van der Waals surface area contributed by atoms with Crippen LogP contribution in [-0.2, 0) is 23.9 Å². The van der Waals surface area contributed by atoms with E-state index in [1.54, 1.807) is 19.1 Å². The Balaban J connectivity index is 2.66. The van der Waals surface area contributed by atoms with Gasteiger partial charge in [-0.25, -0.2) is 9.59 Å². The van der Waals surface area contributed by atoms with Gasteiger partial charge < -0.3 is 14.4 Å². The molecular weight excluding hydrogens is 324 g/mol. The Hall–Kier alpha value is -3.14. The number of ether oxygens (including phenoxy) is 2. The van der Waals surface area contributed by atoms with Gasteiger partial charge in [0.15, 0.2) is 6.61 Å². The summed E-state index contributed by atoms with van der Waals surface area (Å²) >= 11 is 0. The number of aryl methyl sites for hydroxylation is 1. The zero-order chi connectivity index (χ0) is 18.7. The highest BCUT2D eigenvalue weighted by atomic mass is 16.5. The molecule has 0 unspecified atom stereocenters. The maximum Gasteiger partial charge on any atom is 0.331 e. The van der Waals surface area contributed by atoms with Crippen molar-refractivity contribution < 1.29 is 23.9 Å². The SMILES string of the molecule is CCOC(=O)/C=C/C(=O)OCC(=O)N(CCC#N)c1ccc(C)cc1. The van der Waals surface area contributed by atoms with E-state index >= 15 is 0 Å². The summed E-state index contributed by atoms with van der Waals surface area (Å²) in [6, 6.07) is 9.18. The second-order valence-corrected chi connectivity index (χ2v) is 4.98. The lowest BCUT2D eigenvalue weighted by atomic mass is 10.2. The highest BCUT2D eigenvalue weighted by molar-refractivity contribution is 5.97. The zero-order valence-corrected chi connectivity index (χ0v) is 14.2. The van der Waals surface area contributed by atoms with Crippen molar-refractivity contribution in [2.24, 2.45) is 0 Å². The fourth-order valence-electron chi connectivity index (χ4n) is 1.87. The highest BCUT2D eigenvalue weighted by Gasteiger charge is 2.17. The van der Waals surface area contributed by atoms with Crippen LogP contribution in [0.2, 0.25) is 0 Å². The number of carbonyl (C=O) groups excluding carboxylic acids is 3. The van der Waals surface area contributed by atoms with Crippen LogP contribution in [0.5, 0.6) is 0 Å². The molecule has 0 fully saturated rings. The Morgan fingerprint density at radius 3 is 2.28 bits per heavy atom. The molecule has 0 aromatic heterocycles. The number of carbonyl (C=O) groups is 3. The molecule has 1 amide bonds. The first-order valence-electron chi connectivity index (χ1n) is 7.73. The first kappa shape index (κ1) is 19.9. The third-order valence-corrected chi connectivity index (χ3v) is 3.07. The van der Waals surface area contributed by atoms with Crippen LogP contribution in [0.4, 0.5) is 5.69 Å². The summed E-state index contributed by atoms with van der Waals surface area (Å²) in [5, 5.41) is 8.75. The summed E-state index contributed by atoms with van der Waals surface area (Å²) < 4.78 is 9.46. The molecular formula is C18H20N2O5. The summed E-state index contributed by atoms with van der Waals surface area (Å²) in [5.41, 5.74) is 1.65. The lowest BCUT2D eigenvalue weighted by Crippen LogP contribution is -2.35. The molecule has 0 heterocycles. The number of anilines is 1. The van der Waals surface area contributed by atoms with Gasteiger partial charge in [-0.2, -0.15) is 5.26 Å². The Morgan fingerprint density at radius 2 is 1.72 bits per heavy atom. The maximum absolute atomic E-state index is 12.3. The highest BCUT2D eigenvalue weighted by Crippen LogP contribution is 2.16. The second-order valence-electron chi connectivity index (χ2n) is 4.98. The fourth-order valence-corrected chi connectivity index (χ4v) is 1.87. The number of rotatable bonds is 8. The van der Waals surface area contributed by atoms with E-state index in [-0.39, 0.29) is 19.6 Å². The van der Waals surface area contributed by atoms with E-state index in [1.807, 2.05) is 25.1 Å². The normalized spacial score (nSPS) is 10.1. The number of esters is 2. The van der Waals surface area contributed by atoms with Crippen LogP contribution in [0.1, 0.15) is 18.9 Å². The van der Waals surface area contributed by atoms with Gasteiger partial charge in [0.05, 0.1) is 19.1 Å². The van der Waals surface area contributed by atoms with Gasteiger partial charge in [-0.05, 0) is 26.0 Å². The molecule has 0 N–H and O–H groups in total. The van der Waals surface area contributed by atoms with Crippen LogP contribution in [0.25, 0.3) is 0 Å². The maximum atomic E-state index is 12.3. The molecule has 0 radical (unpaired) electrons. The molecule has 0 atom stereocenters. The number of hydrogen-bond acceptors (Lipinski definition) is 6. The first-order valence-corrected chi connectivity index (χ1v) is 7.73. The molecule has 132 valence electrons. The van der Waals surface area contributed by atoms with Crippen LogP contribution in [-0.4, -0.2) is 37.6 Å². The Kier molecular flexibility index (Phi) is 8.44. The average Bonchev–Trinajstić information content (AvgIpc) is 2.60. The predicted molar refractivity (Wildman–Crippen MR) is 90.5 cm³/mol. The summed E-state index contributed by atoms with van der Waals surface area (Å²) in [4.78, 5) is 36.3. The summed E-state index contributed by atoms with van der Waals surface area (Å²) in [7, 11) is 0. The van der Waals surface area contributed by atoms with E-state index in [0.29, 0.717) is 5.69 Å². The minimum absolute atomic E-state index is 0.149. The lowest BCUT2D eigenvalue weighted by Gasteiger charge is -2.21. The van der Waals surface area contributed by atoms with Gasteiger partial charge in [-0.1, -0.05) is 17.7 Å². The summed E-state index contributed by atoms with van der Waals surface area (Å²) in [6.45, 7) is 3.45. The van der Waals surface area contributed by atoms with Crippen LogP contribution in [0, 0.1) is 18.3 Å². The van der Waals surface area contributed by atoms with Crippen molar-refractivity contribution in [1.82, 2.24) is 0 Å². The first-order chi connectivity index (χ1) is 12.0. The van der Waals surface area contributed by atoms with Crippen molar-refractivity contribution >= 4 is 23.5 Å². The van der Waals surface area contributed by atoms with Gasteiger partial charge in [0.25, 0.3) is 5.91 Å². The standard InChI is InChI=1S/C18H20N2O5/c1-3-24-17(22)9-10-18(23)25-13-16(21)20(12-4-11-19)15-7-5-14(2)6-8-15/h5-10H,3-4,12-13H2,1-2H3/b10-9+. The molecule has 7 nitrogen and oxygen atoms in total. The smallest absolute Gasteiger partial charge is 0.331 e. The van der Waals surface area contributed by atoms with Crippen molar-refractivity contribution in [2.45, 2.75) is 20.3 Å². The summed E-state index contributed by atoms with van der Waals surface area (Å²) in [6.07, 6.45) is 1.98. The van der Waals surface area contributed by atoms with Crippen LogP contribution in [0.15, 0.2) is 36.4 Å². The van der Waals surface area contributed by atoms with E-state index in [9.17, 15) is 14.4 Å². The van der Waals surface area contributed by atoms with Crippen molar-refractivity contribution in [1.29, 1.82) is 5.26 Å². The predicted octanol–water partition coefficient (Wildman–Crippen LogP) is 1.90. The fraction of sp³-hybridized carbons (Fsp3) is 0.333. The third-order valence-electron chi connectivity index (χ3n) is 3.07. The third kappa shape index (κ3) is 7.31. The van der Waals surface area contributed by atoms with Gasteiger partial charge >= 0.3 is 11.9 Å². The van der Waals surface area contributed by atoms with Crippen LogP contribution < -0.4 is 4.90 Å². The molecule has 0 aliphatic carbocycles. The number of hydrogen-bond donors (Lipinski definition) is 0. The van der Waals surface area contributed by atoms with Gasteiger partial charge in [0.1, 0.15) is 0 Å². The second kappa shape index (κ2) is 10.6. The van der Waals surface area contributed by atoms with E-state index in [2.05, 4.69) is 4.74 Å². The summed E-state index contributed by atoms with van der Waals surface area (Å²) in [5.74, 6) is -1.95. The molecule has 7 heteroatoms. The number of nitriles is 1. The Bertz CT molecular complexity index is 674. The molecule has 0 saturated carbocycles. The van der Waals surface area contributed by atoms with Gasteiger partial charge in [-0.15, -0.1) is 0 Å². The van der Waals surface area contributed by atoms with Gasteiger partial charge in [0, 0.05) is 24.4 Å². The molecule has 0 aliphatic heterocycles.